The normalized spacial score (nSPS) is 14.5. The van der Waals surface area contributed by atoms with Gasteiger partial charge in [0.1, 0.15) is 5.52 Å². The van der Waals surface area contributed by atoms with Crippen molar-refractivity contribution in [2.24, 2.45) is 0 Å². The number of benzene rings is 1. The van der Waals surface area contributed by atoms with E-state index < -0.39 is 0 Å². The van der Waals surface area contributed by atoms with Crippen LogP contribution in [0.25, 0.3) is 11.0 Å². The van der Waals surface area contributed by atoms with Crippen LogP contribution in [0.3, 0.4) is 0 Å². The van der Waals surface area contributed by atoms with Crippen molar-refractivity contribution in [3.05, 3.63) is 50.9 Å². The molecule has 0 bridgehead atoms. The zero-order chi connectivity index (χ0) is 19.8. The van der Waals surface area contributed by atoms with Gasteiger partial charge >= 0.3 is 0 Å². The zero-order valence-corrected chi connectivity index (χ0v) is 17.5. The van der Waals surface area contributed by atoms with Crippen LogP contribution >= 0.6 is 11.6 Å². The highest BCUT2D eigenvalue weighted by molar-refractivity contribution is 6.35. The van der Waals surface area contributed by atoms with Crippen molar-refractivity contribution in [3.8, 4) is 0 Å². The summed E-state index contributed by atoms with van der Waals surface area (Å²) in [6.07, 6.45) is 6.15. The Bertz CT molecular complexity index is 1060. The van der Waals surface area contributed by atoms with Crippen molar-refractivity contribution in [3.63, 3.8) is 0 Å². The Kier molecular flexibility index (Phi) is 5.19. The molecule has 0 aliphatic carbocycles. The molecule has 0 amide bonds. The monoisotopic (exact) mass is 398 g/mol. The summed E-state index contributed by atoms with van der Waals surface area (Å²) in [5, 5.41) is 0.698. The third-order valence-corrected chi connectivity index (χ3v) is 6.24. The minimum Gasteiger partial charge on any atom is -0.327 e. The quantitative estimate of drug-likeness (QED) is 0.629. The van der Waals surface area contributed by atoms with Gasteiger partial charge in [-0.1, -0.05) is 31.5 Å². The number of rotatable bonds is 4. The zero-order valence-electron chi connectivity index (χ0n) is 16.8. The second-order valence-corrected chi connectivity index (χ2v) is 8.04. The van der Waals surface area contributed by atoms with E-state index in [0.29, 0.717) is 10.9 Å². The molecule has 0 radical (unpaired) electrons. The average Bonchev–Trinajstić information content (AvgIpc) is 2.94. The van der Waals surface area contributed by atoms with Gasteiger partial charge in [-0.2, -0.15) is 0 Å². The van der Waals surface area contributed by atoms with E-state index in [2.05, 4.69) is 34.4 Å². The minimum atomic E-state index is -0.0800. The van der Waals surface area contributed by atoms with Gasteiger partial charge in [-0.3, -0.25) is 4.79 Å². The fraction of sp³-hybridized carbons (Fsp3) is 0.455. The Hall–Kier alpha value is -2.27. The third kappa shape index (κ3) is 3.12. The minimum absolute atomic E-state index is 0.0800. The first kappa shape index (κ1) is 19.1. The molecule has 2 aromatic heterocycles. The molecular weight excluding hydrogens is 372 g/mol. The lowest BCUT2D eigenvalue weighted by molar-refractivity contribution is 0.632. The van der Waals surface area contributed by atoms with Crippen LogP contribution in [-0.2, 0) is 6.54 Å². The molecular formula is C22H27ClN4O. The predicted molar refractivity (Wildman–Crippen MR) is 116 cm³/mol. The Morgan fingerprint density at radius 3 is 2.68 bits per heavy atom. The van der Waals surface area contributed by atoms with E-state index >= 15 is 0 Å². The molecule has 28 heavy (non-hydrogen) atoms. The first-order valence-corrected chi connectivity index (χ1v) is 10.6. The van der Waals surface area contributed by atoms with Crippen LogP contribution in [0.15, 0.2) is 29.2 Å². The number of nitrogens with zero attached hydrogens (tertiary/aromatic N) is 3. The van der Waals surface area contributed by atoms with Crippen molar-refractivity contribution in [1.82, 2.24) is 14.5 Å². The highest BCUT2D eigenvalue weighted by Crippen LogP contribution is 2.39. The molecule has 4 rings (SSSR count). The summed E-state index contributed by atoms with van der Waals surface area (Å²) < 4.78 is 2.34. The lowest BCUT2D eigenvalue weighted by Crippen LogP contribution is -2.22. The van der Waals surface area contributed by atoms with Gasteiger partial charge in [-0.25, -0.2) is 4.98 Å². The fourth-order valence-electron chi connectivity index (χ4n) is 4.42. The number of fused-ring (bicyclic) bond motifs is 3. The summed E-state index contributed by atoms with van der Waals surface area (Å²) in [5.41, 5.74) is 5.26. The third-order valence-electron chi connectivity index (χ3n) is 5.93. The first-order chi connectivity index (χ1) is 13.5. The Balaban J connectivity index is 1.97. The number of H-pyrrole nitrogens is 1. The van der Waals surface area contributed by atoms with Crippen LogP contribution in [-0.4, -0.2) is 21.1 Å². The highest BCUT2D eigenvalue weighted by atomic mass is 35.5. The number of aromatic nitrogens is 3. The second-order valence-electron chi connectivity index (χ2n) is 7.63. The van der Waals surface area contributed by atoms with Crippen molar-refractivity contribution in [1.29, 1.82) is 0 Å². The van der Waals surface area contributed by atoms with Crippen LogP contribution < -0.4 is 10.5 Å². The van der Waals surface area contributed by atoms with Gasteiger partial charge in [0.25, 0.3) is 0 Å². The molecule has 148 valence electrons. The number of halogens is 1. The van der Waals surface area contributed by atoms with Gasteiger partial charge in [-0.05, 0) is 55.7 Å². The maximum atomic E-state index is 11.7. The Morgan fingerprint density at radius 1 is 1.21 bits per heavy atom. The van der Waals surface area contributed by atoms with E-state index in [1.807, 2.05) is 13.0 Å². The second kappa shape index (κ2) is 7.63. The SMILES string of the molecule is CCC(CC)c1ccc(Cl)c2nc3n(c12)CCCCN3c1c[nH]c(=O)cc1C. The maximum absolute atomic E-state index is 11.7. The van der Waals surface area contributed by atoms with Crippen LogP contribution in [0, 0.1) is 6.92 Å². The molecule has 0 spiro atoms. The molecule has 0 fully saturated rings. The summed E-state index contributed by atoms with van der Waals surface area (Å²) in [5.74, 6) is 1.41. The first-order valence-electron chi connectivity index (χ1n) is 10.2. The smallest absolute Gasteiger partial charge is 0.248 e. The van der Waals surface area contributed by atoms with E-state index in [0.717, 1.165) is 61.5 Å². The van der Waals surface area contributed by atoms with E-state index in [4.69, 9.17) is 16.6 Å². The lowest BCUT2D eigenvalue weighted by Gasteiger charge is -2.23. The maximum Gasteiger partial charge on any atom is 0.248 e. The fourth-order valence-corrected chi connectivity index (χ4v) is 4.62. The molecule has 3 heterocycles. The molecule has 0 unspecified atom stereocenters. The number of pyridine rings is 1. The summed E-state index contributed by atoms with van der Waals surface area (Å²) in [6, 6.07) is 5.81. The van der Waals surface area contributed by atoms with Gasteiger partial charge in [0, 0.05) is 25.4 Å². The Morgan fingerprint density at radius 2 is 1.96 bits per heavy atom. The standard InChI is InChI=1S/C22H27ClN4O/c1-4-15(5-2)16-8-9-17(23)20-21(16)27-11-7-6-10-26(22(27)25-20)18-13-24-19(28)12-14(18)3/h8-9,12-13,15H,4-7,10-11H2,1-3H3,(H,24,28). The van der Waals surface area contributed by atoms with E-state index in [1.54, 1.807) is 12.3 Å². The highest BCUT2D eigenvalue weighted by Gasteiger charge is 2.26. The topological polar surface area (TPSA) is 53.9 Å². The van der Waals surface area contributed by atoms with Crippen LogP contribution in [0.5, 0.6) is 0 Å². The summed E-state index contributed by atoms with van der Waals surface area (Å²) in [7, 11) is 0. The van der Waals surface area contributed by atoms with E-state index in [-0.39, 0.29) is 5.56 Å². The molecule has 6 heteroatoms. The van der Waals surface area contributed by atoms with Gasteiger partial charge in [0.05, 0.1) is 16.2 Å². The van der Waals surface area contributed by atoms with Gasteiger partial charge in [0.15, 0.2) is 0 Å². The number of hydrogen-bond acceptors (Lipinski definition) is 3. The molecule has 1 aliphatic heterocycles. The largest absolute Gasteiger partial charge is 0.327 e. The molecule has 5 nitrogen and oxygen atoms in total. The number of aryl methyl sites for hydroxylation is 2. The number of nitrogens with one attached hydrogen (secondary N) is 1. The van der Waals surface area contributed by atoms with Crippen LogP contribution in [0.2, 0.25) is 5.02 Å². The summed E-state index contributed by atoms with van der Waals surface area (Å²) in [6.45, 7) is 8.26. The van der Waals surface area contributed by atoms with Gasteiger partial charge in [-0.15, -0.1) is 0 Å². The van der Waals surface area contributed by atoms with Crippen molar-refractivity contribution >= 4 is 34.3 Å². The number of hydrogen-bond donors (Lipinski definition) is 1. The van der Waals surface area contributed by atoms with Crippen molar-refractivity contribution < 1.29 is 0 Å². The molecule has 0 saturated heterocycles. The molecule has 3 aromatic rings. The molecule has 1 aromatic carbocycles. The van der Waals surface area contributed by atoms with Crippen LogP contribution in [0.1, 0.15) is 56.6 Å². The van der Waals surface area contributed by atoms with Crippen LogP contribution in [0.4, 0.5) is 11.6 Å². The van der Waals surface area contributed by atoms with Gasteiger partial charge < -0.3 is 14.5 Å². The molecule has 1 aliphatic rings. The van der Waals surface area contributed by atoms with E-state index in [9.17, 15) is 4.79 Å². The average molecular weight is 399 g/mol. The van der Waals surface area contributed by atoms with E-state index in [1.165, 1.54) is 11.1 Å². The van der Waals surface area contributed by atoms with Crippen molar-refractivity contribution in [2.45, 2.75) is 58.9 Å². The number of imidazole rings is 1. The summed E-state index contributed by atoms with van der Waals surface area (Å²) in [4.78, 5) is 21.8. The number of anilines is 2. The lowest BCUT2D eigenvalue weighted by atomic mass is 9.93. The number of aromatic amines is 1. The van der Waals surface area contributed by atoms with Gasteiger partial charge in [0.2, 0.25) is 11.5 Å². The molecule has 0 atom stereocenters. The summed E-state index contributed by atoms with van der Waals surface area (Å²) >= 11 is 6.58. The predicted octanol–water partition coefficient (Wildman–Crippen LogP) is 5.52. The Labute approximate surface area is 170 Å². The molecule has 1 N–H and O–H groups in total. The van der Waals surface area contributed by atoms with Crippen molar-refractivity contribution in [2.75, 3.05) is 11.4 Å². The molecule has 0 saturated carbocycles.